The first kappa shape index (κ1) is 14.9. The van der Waals surface area contributed by atoms with Crippen molar-refractivity contribution in [3.63, 3.8) is 0 Å². The maximum atomic E-state index is 6.58. The molecule has 0 fully saturated rings. The van der Waals surface area contributed by atoms with E-state index in [1.807, 2.05) is 60.7 Å². The zero-order chi connectivity index (χ0) is 18.0. The average molecular weight is 369 g/mol. The second-order valence-corrected chi connectivity index (χ2v) is 7.08. The highest BCUT2D eigenvalue weighted by molar-refractivity contribution is 6.36. The fourth-order valence-electron chi connectivity index (χ4n) is 4.00. The Morgan fingerprint density at radius 2 is 1.26 bits per heavy atom. The minimum Gasteiger partial charge on any atom is -0.456 e. The van der Waals surface area contributed by atoms with Gasteiger partial charge in [0.25, 0.3) is 0 Å². The number of fused-ring (bicyclic) bond motifs is 7. The summed E-state index contributed by atoms with van der Waals surface area (Å²) >= 11 is 6.58. The van der Waals surface area contributed by atoms with Gasteiger partial charge in [-0.2, -0.15) is 0 Å². The van der Waals surface area contributed by atoms with E-state index in [-0.39, 0.29) is 0 Å². The lowest BCUT2D eigenvalue weighted by molar-refractivity contribution is 0.663. The fourth-order valence-corrected chi connectivity index (χ4v) is 4.25. The Labute approximate surface area is 159 Å². The van der Waals surface area contributed by atoms with Gasteiger partial charge in [-0.15, -0.1) is 0 Å². The third-order valence-electron chi connectivity index (χ3n) is 5.16. The van der Waals surface area contributed by atoms with E-state index in [1.165, 1.54) is 0 Å². The Morgan fingerprint density at radius 1 is 0.556 bits per heavy atom. The number of halogens is 1. The first-order valence-corrected chi connectivity index (χ1v) is 9.19. The van der Waals surface area contributed by atoms with Crippen molar-refractivity contribution in [1.29, 1.82) is 0 Å². The van der Waals surface area contributed by atoms with Crippen LogP contribution in [0, 0.1) is 0 Å². The molecule has 6 aromatic rings. The number of rotatable bonds is 1. The van der Waals surface area contributed by atoms with E-state index in [0.717, 1.165) is 55.0 Å². The monoisotopic (exact) mass is 368 g/mol. The zero-order valence-corrected chi connectivity index (χ0v) is 15.0. The molecular weight excluding hydrogens is 356 g/mol. The quantitative estimate of drug-likeness (QED) is 0.296. The maximum Gasteiger partial charge on any atom is 0.144 e. The molecule has 0 bridgehead atoms. The first-order chi connectivity index (χ1) is 13.3. The van der Waals surface area contributed by atoms with Crippen LogP contribution in [-0.4, -0.2) is 0 Å². The molecule has 6 rings (SSSR count). The van der Waals surface area contributed by atoms with Crippen LogP contribution >= 0.6 is 11.6 Å². The third kappa shape index (κ3) is 2.02. The molecule has 0 aliphatic heterocycles. The lowest BCUT2D eigenvalue weighted by Crippen LogP contribution is -1.80. The van der Waals surface area contributed by atoms with E-state index in [4.69, 9.17) is 20.4 Å². The molecule has 0 aliphatic carbocycles. The fraction of sp³-hybridized carbons (Fsp3) is 0. The summed E-state index contributed by atoms with van der Waals surface area (Å²) in [4.78, 5) is 0. The van der Waals surface area contributed by atoms with Gasteiger partial charge in [0.15, 0.2) is 0 Å². The van der Waals surface area contributed by atoms with Crippen LogP contribution in [0.25, 0.3) is 55.0 Å². The lowest BCUT2D eigenvalue weighted by atomic mass is 10.0. The van der Waals surface area contributed by atoms with E-state index in [2.05, 4.69) is 18.2 Å². The number of hydrogen-bond donors (Lipinski definition) is 0. The van der Waals surface area contributed by atoms with Gasteiger partial charge in [0.2, 0.25) is 0 Å². The minimum atomic E-state index is 0.682. The summed E-state index contributed by atoms with van der Waals surface area (Å²) in [7, 11) is 0. The van der Waals surface area contributed by atoms with Crippen molar-refractivity contribution in [1.82, 2.24) is 0 Å². The van der Waals surface area contributed by atoms with Crippen LogP contribution in [0.5, 0.6) is 0 Å². The normalized spacial score (nSPS) is 11.9. The minimum absolute atomic E-state index is 0.682. The molecule has 0 N–H and O–H groups in total. The molecule has 3 heteroatoms. The third-order valence-corrected chi connectivity index (χ3v) is 5.47. The smallest absolute Gasteiger partial charge is 0.144 e. The molecule has 2 heterocycles. The van der Waals surface area contributed by atoms with Crippen molar-refractivity contribution in [2.75, 3.05) is 0 Å². The van der Waals surface area contributed by atoms with E-state index < -0.39 is 0 Å². The van der Waals surface area contributed by atoms with E-state index >= 15 is 0 Å². The zero-order valence-electron chi connectivity index (χ0n) is 14.2. The number of benzene rings is 4. The van der Waals surface area contributed by atoms with E-state index in [9.17, 15) is 0 Å². The SMILES string of the molecule is Clc1ccc2c(oc3ccc4oc5ccccc5c4c32)c1-c1ccccc1. The lowest BCUT2D eigenvalue weighted by Gasteiger charge is -2.05. The van der Waals surface area contributed by atoms with Crippen LogP contribution < -0.4 is 0 Å². The van der Waals surface area contributed by atoms with Crippen molar-refractivity contribution in [2.24, 2.45) is 0 Å². The van der Waals surface area contributed by atoms with Crippen molar-refractivity contribution < 1.29 is 8.83 Å². The first-order valence-electron chi connectivity index (χ1n) is 8.81. The van der Waals surface area contributed by atoms with Gasteiger partial charge in [-0.25, -0.2) is 0 Å². The molecule has 27 heavy (non-hydrogen) atoms. The molecule has 2 nitrogen and oxygen atoms in total. The van der Waals surface area contributed by atoms with Crippen molar-refractivity contribution in [2.45, 2.75) is 0 Å². The van der Waals surface area contributed by atoms with Crippen LogP contribution in [0.4, 0.5) is 0 Å². The van der Waals surface area contributed by atoms with Gasteiger partial charge in [-0.1, -0.05) is 60.1 Å². The summed E-state index contributed by atoms with van der Waals surface area (Å²) in [5, 5.41) is 4.98. The molecule has 128 valence electrons. The average Bonchev–Trinajstić information content (AvgIpc) is 3.26. The summed E-state index contributed by atoms with van der Waals surface area (Å²) in [6, 6.07) is 26.2. The Bertz CT molecular complexity index is 1470. The predicted octanol–water partition coefficient (Wildman–Crippen LogP) is 7.81. The molecule has 0 spiro atoms. The molecule has 0 unspecified atom stereocenters. The molecular formula is C24H13ClO2. The topological polar surface area (TPSA) is 26.3 Å². The van der Waals surface area contributed by atoms with E-state index in [0.29, 0.717) is 5.02 Å². The second kappa shape index (κ2) is 5.38. The Hall–Kier alpha value is -3.23. The van der Waals surface area contributed by atoms with Gasteiger partial charge >= 0.3 is 0 Å². The Balaban J connectivity index is 1.84. The Morgan fingerprint density at radius 3 is 2.11 bits per heavy atom. The molecule has 0 saturated carbocycles. The van der Waals surface area contributed by atoms with Crippen molar-refractivity contribution >= 4 is 55.5 Å². The number of hydrogen-bond acceptors (Lipinski definition) is 2. The van der Waals surface area contributed by atoms with Crippen LogP contribution in [0.15, 0.2) is 87.7 Å². The van der Waals surface area contributed by atoms with Gasteiger partial charge in [-0.05, 0) is 35.9 Å². The van der Waals surface area contributed by atoms with Gasteiger partial charge < -0.3 is 8.83 Å². The van der Waals surface area contributed by atoms with Crippen molar-refractivity contribution in [3.8, 4) is 11.1 Å². The molecule has 2 aromatic heterocycles. The highest BCUT2D eigenvalue weighted by atomic mass is 35.5. The highest BCUT2D eigenvalue weighted by Crippen LogP contribution is 2.44. The van der Waals surface area contributed by atoms with Crippen LogP contribution in [0.1, 0.15) is 0 Å². The molecule has 4 aromatic carbocycles. The van der Waals surface area contributed by atoms with Crippen LogP contribution in [0.3, 0.4) is 0 Å². The summed E-state index contributed by atoms with van der Waals surface area (Å²) in [5.74, 6) is 0. The standard InChI is InChI=1S/C24H13ClO2/c25-17-11-10-16-23-20(27-24(16)21(17)14-6-2-1-3-7-14)13-12-19-22(23)15-8-4-5-9-18(15)26-19/h1-13H. The maximum absolute atomic E-state index is 6.58. The van der Waals surface area contributed by atoms with Gasteiger partial charge in [0.1, 0.15) is 22.3 Å². The predicted molar refractivity (Wildman–Crippen MR) is 111 cm³/mol. The number of para-hydroxylation sites is 1. The summed E-state index contributed by atoms with van der Waals surface area (Å²) in [6.45, 7) is 0. The van der Waals surface area contributed by atoms with E-state index in [1.54, 1.807) is 0 Å². The number of furan rings is 2. The van der Waals surface area contributed by atoms with Crippen LogP contribution in [0.2, 0.25) is 5.02 Å². The van der Waals surface area contributed by atoms with Gasteiger partial charge in [-0.3, -0.25) is 0 Å². The summed E-state index contributed by atoms with van der Waals surface area (Å²) in [6.07, 6.45) is 0. The van der Waals surface area contributed by atoms with Crippen LogP contribution in [-0.2, 0) is 0 Å². The van der Waals surface area contributed by atoms with Gasteiger partial charge in [0, 0.05) is 27.1 Å². The second-order valence-electron chi connectivity index (χ2n) is 6.68. The molecule has 0 saturated heterocycles. The largest absolute Gasteiger partial charge is 0.456 e. The summed E-state index contributed by atoms with van der Waals surface area (Å²) < 4.78 is 12.4. The van der Waals surface area contributed by atoms with Gasteiger partial charge in [0.05, 0.1) is 5.02 Å². The molecule has 0 radical (unpaired) electrons. The molecule has 0 aliphatic rings. The van der Waals surface area contributed by atoms with Crippen molar-refractivity contribution in [3.05, 3.63) is 83.9 Å². The summed E-state index contributed by atoms with van der Waals surface area (Å²) in [5.41, 5.74) is 5.35. The molecule has 0 atom stereocenters. The Kier molecular flexibility index (Phi) is 2.97. The highest BCUT2D eigenvalue weighted by Gasteiger charge is 2.19. The molecule has 0 amide bonds.